The molecule has 9 rings (SSSR count). The highest BCUT2D eigenvalue weighted by atomic mass is 31.2. The van der Waals surface area contributed by atoms with Crippen molar-refractivity contribution in [3.63, 3.8) is 0 Å². The van der Waals surface area contributed by atoms with Crippen LogP contribution in [0.1, 0.15) is 111 Å². The topological polar surface area (TPSA) is 142 Å². The normalized spacial score (nSPS) is 13.1. The molecule has 86 heavy (non-hydrogen) atoms. The number of hydrogen-bond donors (Lipinski definition) is 0. The maximum Gasteiger partial charge on any atom is 0.361 e. The van der Waals surface area contributed by atoms with Crippen molar-refractivity contribution >= 4 is 61.3 Å². The van der Waals surface area contributed by atoms with Crippen molar-refractivity contribution in [1.29, 1.82) is 0 Å². The lowest BCUT2D eigenvalue weighted by atomic mass is 9.90. The molecule has 0 radical (unpaired) electrons. The van der Waals surface area contributed by atoms with E-state index in [0.717, 1.165) is 33.4 Å². The first kappa shape index (κ1) is 64.2. The minimum atomic E-state index is -4.08. The van der Waals surface area contributed by atoms with Crippen LogP contribution in [-0.4, -0.2) is 52.9 Å². The monoisotopic (exact) mass is 1240 g/mol. The van der Waals surface area contributed by atoms with Crippen molar-refractivity contribution in [2.45, 2.75) is 118 Å². The summed E-state index contributed by atoms with van der Waals surface area (Å²) in [5.74, 6) is 2.11. The van der Waals surface area contributed by atoms with Crippen LogP contribution in [0.15, 0.2) is 170 Å². The molecule has 0 aliphatic heterocycles. The molecule has 1 aliphatic carbocycles. The first-order valence-electron chi connectivity index (χ1n) is 29.2. The van der Waals surface area contributed by atoms with Gasteiger partial charge in [0.1, 0.15) is 37.3 Å². The first-order valence-corrected chi connectivity index (χ1v) is 36.1. The van der Waals surface area contributed by atoms with E-state index in [-0.39, 0.29) is 38.0 Å². The Morgan fingerprint density at radius 3 is 0.686 bits per heavy atom. The summed E-state index contributed by atoms with van der Waals surface area (Å²) in [6, 6.07) is 53.9. The largest absolute Gasteiger partial charge is 0.496 e. The fraction of sp³-hybridized carbons (Fsp3) is 0.314. The second-order valence-corrected chi connectivity index (χ2v) is 32.5. The van der Waals surface area contributed by atoms with Crippen LogP contribution < -0.4 is 50.8 Å². The number of rotatable bonds is 22. The maximum atomic E-state index is 16.1. The molecule has 0 spiro atoms. The zero-order valence-corrected chi connectivity index (χ0v) is 55.0. The second kappa shape index (κ2) is 27.4. The fourth-order valence-corrected chi connectivity index (χ4v) is 21.2. The van der Waals surface area contributed by atoms with E-state index in [2.05, 4.69) is 0 Å². The number of fused-ring (bicyclic) bond motifs is 8. The van der Waals surface area contributed by atoms with Gasteiger partial charge in [0.2, 0.25) is 0 Å². The summed E-state index contributed by atoms with van der Waals surface area (Å²) in [6.45, 7) is 14.6. The van der Waals surface area contributed by atoms with Crippen molar-refractivity contribution < 1.29 is 55.3 Å². The molecule has 8 aromatic carbocycles. The SMILES string of the molecule is COc1c2cc(CP(=O)(c3ccccc3)c3ccccc3)cc1Cc1cc(P(=O)(OC(C)C)OC(C)C)cc(c1OC)Cc1cc(CP(=O)(c3ccccc3)c3ccccc3)cc(c1OC)Cc1cc(P(=O)(OC(C)C)OC(C)C)cc(c1OC)C2. The highest BCUT2D eigenvalue weighted by Gasteiger charge is 2.37. The Balaban J connectivity index is 1.39. The van der Waals surface area contributed by atoms with Crippen LogP contribution in [0.2, 0.25) is 0 Å². The zero-order valence-electron chi connectivity index (χ0n) is 51.4. The molecule has 0 unspecified atom stereocenters. The third-order valence-corrected chi connectivity index (χ3v) is 25.7. The Morgan fingerprint density at radius 1 is 0.302 bits per heavy atom. The van der Waals surface area contributed by atoms with E-state index >= 15 is 18.3 Å². The Bertz CT molecular complexity index is 3400. The average molecular weight is 1240 g/mol. The predicted octanol–water partition coefficient (Wildman–Crippen LogP) is 14.8. The lowest BCUT2D eigenvalue weighted by Crippen LogP contribution is -2.20. The Morgan fingerprint density at radius 2 is 0.500 bits per heavy atom. The third kappa shape index (κ3) is 14.2. The van der Waals surface area contributed by atoms with Gasteiger partial charge in [0.05, 0.1) is 63.5 Å². The smallest absolute Gasteiger partial charge is 0.361 e. The van der Waals surface area contributed by atoms with E-state index in [4.69, 9.17) is 37.0 Å². The second-order valence-electron chi connectivity index (χ2n) is 22.9. The predicted molar refractivity (Wildman–Crippen MR) is 349 cm³/mol. The number of benzene rings is 8. The molecule has 0 saturated heterocycles. The number of methoxy groups -OCH3 is 4. The van der Waals surface area contributed by atoms with Gasteiger partial charge in [-0.2, -0.15) is 0 Å². The van der Waals surface area contributed by atoms with Gasteiger partial charge in [-0.05, 0) is 135 Å². The molecule has 0 aromatic heterocycles. The molecule has 0 amide bonds. The molecule has 12 nitrogen and oxygen atoms in total. The summed E-state index contributed by atoms with van der Waals surface area (Å²) >= 11 is 0. The average Bonchev–Trinajstić information content (AvgIpc) is 3.31. The van der Waals surface area contributed by atoms with Gasteiger partial charge < -0.3 is 46.2 Å². The molecular formula is C70H80O12P4. The van der Waals surface area contributed by atoms with Crippen LogP contribution in [0, 0.1) is 0 Å². The minimum absolute atomic E-state index is 0.146. The van der Waals surface area contributed by atoms with Crippen LogP contribution in [0.4, 0.5) is 0 Å². The van der Waals surface area contributed by atoms with Gasteiger partial charge in [-0.1, -0.05) is 146 Å². The van der Waals surface area contributed by atoms with E-state index in [1.54, 1.807) is 28.4 Å². The van der Waals surface area contributed by atoms with E-state index in [1.165, 1.54) is 0 Å². The van der Waals surface area contributed by atoms with Gasteiger partial charge >= 0.3 is 15.2 Å². The van der Waals surface area contributed by atoms with Crippen LogP contribution in [0.25, 0.3) is 0 Å². The molecule has 0 atom stereocenters. The molecule has 1 aliphatic rings. The fourth-order valence-electron chi connectivity index (χ4n) is 11.8. The van der Waals surface area contributed by atoms with Crippen molar-refractivity contribution in [3.8, 4) is 23.0 Å². The van der Waals surface area contributed by atoms with Crippen LogP contribution in [0.3, 0.4) is 0 Å². The molecule has 0 N–H and O–H groups in total. The maximum absolute atomic E-state index is 16.1. The summed E-state index contributed by atoms with van der Waals surface area (Å²) in [6.07, 6.45) is -0.966. The Hall–Kier alpha value is -6.28. The van der Waals surface area contributed by atoms with E-state index in [1.807, 2.05) is 225 Å². The van der Waals surface area contributed by atoms with Crippen LogP contribution >= 0.6 is 29.5 Å². The summed E-state index contributed by atoms with van der Waals surface area (Å²) in [5.41, 5.74) is 7.01. The molecule has 0 fully saturated rings. The van der Waals surface area contributed by atoms with E-state index in [9.17, 15) is 0 Å². The summed E-state index contributed by atoms with van der Waals surface area (Å²) < 4.78 is 115. The van der Waals surface area contributed by atoms with Gasteiger partial charge in [0.25, 0.3) is 0 Å². The zero-order chi connectivity index (χ0) is 61.6. The van der Waals surface area contributed by atoms with E-state index < -0.39 is 53.9 Å². The highest BCUT2D eigenvalue weighted by Crippen LogP contribution is 2.54. The standard InChI is InChI=1S/C70H80O12P4/c1-47(2)79-85(73,80-48(3)4)65-41-57-37-53-33-51(45-83(71,61-25-17-13-18-26-61)62-27-19-14-20-28-62)35-55(67(53)75-9)39-59-43-66(86(74,81-49(5)6)82-50(7)8)44-60(70(59)78-12)40-56-36-52(34-54(68(56)76-10)38-58(42-65)69(57)77-11)46-84(72,63-29-21-15-22-30-63)64-31-23-16-24-32-64/h13-36,41-44,47-50H,37-40,45-46H2,1-12H3. The van der Waals surface area contributed by atoms with Crippen LogP contribution in [-0.2, 0) is 74.4 Å². The number of hydrogen-bond acceptors (Lipinski definition) is 12. The van der Waals surface area contributed by atoms with Crippen molar-refractivity contribution in [3.05, 3.63) is 225 Å². The molecule has 0 saturated carbocycles. The molecule has 8 aromatic rings. The first-order chi connectivity index (χ1) is 41.1. The lowest BCUT2D eigenvalue weighted by molar-refractivity contribution is 0.149. The Labute approximate surface area is 508 Å². The van der Waals surface area contributed by atoms with Crippen LogP contribution in [0.5, 0.6) is 23.0 Å². The summed E-state index contributed by atoms with van der Waals surface area (Å²) in [5, 5.41) is 3.49. The molecule has 8 bridgehead atoms. The van der Waals surface area contributed by atoms with E-state index in [0.29, 0.717) is 77.1 Å². The molecule has 16 heteroatoms. The van der Waals surface area contributed by atoms with Crippen molar-refractivity contribution in [1.82, 2.24) is 0 Å². The molecule has 0 heterocycles. The van der Waals surface area contributed by atoms with Gasteiger partial charge in [0, 0.05) is 59.2 Å². The van der Waals surface area contributed by atoms with Gasteiger partial charge in [0.15, 0.2) is 0 Å². The highest BCUT2D eigenvalue weighted by molar-refractivity contribution is 7.78. The van der Waals surface area contributed by atoms with Gasteiger partial charge in [-0.15, -0.1) is 0 Å². The molecular weight excluding hydrogens is 1160 g/mol. The van der Waals surface area contributed by atoms with Crippen molar-refractivity contribution in [2.75, 3.05) is 28.4 Å². The Kier molecular flexibility index (Phi) is 20.5. The number of ether oxygens (including phenoxy) is 4. The van der Waals surface area contributed by atoms with Crippen molar-refractivity contribution in [2.24, 2.45) is 0 Å². The lowest BCUT2D eigenvalue weighted by Gasteiger charge is -2.27. The molecule has 452 valence electrons. The van der Waals surface area contributed by atoms with Gasteiger partial charge in [-0.25, -0.2) is 0 Å². The quantitative estimate of drug-likeness (QED) is 0.0596. The third-order valence-electron chi connectivity index (χ3n) is 14.9. The summed E-state index contributed by atoms with van der Waals surface area (Å²) in [7, 11) is -8.44. The van der Waals surface area contributed by atoms with Gasteiger partial charge in [-0.3, -0.25) is 9.13 Å². The summed E-state index contributed by atoms with van der Waals surface area (Å²) in [4.78, 5) is 0. The minimum Gasteiger partial charge on any atom is -0.496 e.